The first-order valence-electron chi connectivity index (χ1n) is 4.05. The molecule has 0 aromatic heterocycles. The molecule has 0 saturated heterocycles. The van der Waals surface area contributed by atoms with Gasteiger partial charge >= 0.3 is 0 Å². The van der Waals surface area contributed by atoms with Crippen LogP contribution in [0.2, 0.25) is 0 Å². The lowest BCUT2D eigenvalue weighted by Crippen LogP contribution is -1.74. The summed E-state index contributed by atoms with van der Waals surface area (Å²) in [6.45, 7) is 2.21. The second kappa shape index (κ2) is 9.09. The molecular weight excluding hydrogens is 140 g/mol. The zero-order valence-electron chi connectivity index (χ0n) is 7.10. The van der Waals surface area contributed by atoms with Crippen LogP contribution in [0.3, 0.4) is 0 Å². The summed E-state index contributed by atoms with van der Waals surface area (Å²) in [7, 11) is 0. The topological polar surface area (TPSA) is 0 Å². The van der Waals surface area contributed by atoms with Crippen LogP contribution in [0.15, 0.2) is 12.2 Å². The molecule has 1 heteroatoms. The highest BCUT2D eigenvalue weighted by molar-refractivity contribution is 7.98. The van der Waals surface area contributed by atoms with Crippen molar-refractivity contribution in [3.8, 4) is 0 Å². The van der Waals surface area contributed by atoms with E-state index in [1.807, 2.05) is 11.8 Å². The normalized spacial score (nSPS) is 11.0. The van der Waals surface area contributed by atoms with Crippen molar-refractivity contribution >= 4 is 11.8 Å². The number of rotatable bonds is 6. The molecule has 0 atom stereocenters. The molecule has 0 aliphatic carbocycles. The van der Waals surface area contributed by atoms with Crippen molar-refractivity contribution in [3.05, 3.63) is 12.2 Å². The highest BCUT2D eigenvalue weighted by atomic mass is 32.2. The van der Waals surface area contributed by atoms with Crippen LogP contribution in [0.25, 0.3) is 0 Å². The van der Waals surface area contributed by atoms with Crippen molar-refractivity contribution in [1.82, 2.24) is 0 Å². The highest BCUT2D eigenvalue weighted by Gasteiger charge is 1.80. The van der Waals surface area contributed by atoms with Crippen LogP contribution >= 0.6 is 11.8 Å². The highest BCUT2D eigenvalue weighted by Crippen LogP contribution is 2.00. The van der Waals surface area contributed by atoms with Crippen LogP contribution in [0.4, 0.5) is 0 Å². The fourth-order valence-electron chi connectivity index (χ4n) is 0.748. The van der Waals surface area contributed by atoms with Gasteiger partial charge in [0.15, 0.2) is 0 Å². The number of allylic oxidation sites excluding steroid dienone is 2. The van der Waals surface area contributed by atoms with Gasteiger partial charge in [0.1, 0.15) is 0 Å². The molecular formula is C9H18S. The largest absolute Gasteiger partial charge is 0.165 e. The van der Waals surface area contributed by atoms with Crippen LogP contribution in [-0.4, -0.2) is 12.0 Å². The van der Waals surface area contributed by atoms with Crippen molar-refractivity contribution in [2.24, 2.45) is 0 Å². The molecule has 0 nitrogen and oxygen atoms in total. The molecule has 0 amide bonds. The third kappa shape index (κ3) is 8.09. The van der Waals surface area contributed by atoms with E-state index in [0.717, 1.165) is 0 Å². The molecule has 0 saturated carbocycles. The zero-order chi connectivity index (χ0) is 7.66. The van der Waals surface area contributed by atoms with Crippen LogP contribution in [0.5, 0.6) is 0 Å². The first-order chi connectivity index (χ1) is 4.91. The second-order valence-corrected chi connectivity index (χ2v) is 3.38. The summed E-state index contributed by atoms with van der Waals surface area (Å²) in [5, 5.41) is 0. The fourth-order valence-corrected chi connectivity index (χ4v) is 1.20. The monoisotopic (exact) mass is 158 g/mol. The molecule has 0 aliphatic rings. The molecule has 0 unspecified atom stereocenters. The smallest absolute Gasteiger partial charge is 0.00674 e. The van der Waals surface area contributed by atoms with Crippen LogP contribution in [0, 0.1) is 0 Å². The van der Waals surface area contributed by atoms with E-state index in [9.17, 15) is 0 Å². The summed E-state index contributed by atoms with van der Waals surface area (Å²) in [6, 6.07) is 0. The summed E-state index contributed by atoms with van der Waals surface area (Å²) in [6.07, 6.45) is 11.9. The Morgan fingerprint density at radius 3 is 2.50 bits per heavy atom. The lowest BCUT2D eigenvalue weighted by molar-refractivity contribution is 0.927. The fraction of sp³-hybridized carbons (Fsp3) is 0.778. The van der Waals surface area contributed by atoms with E-state index in [2.05, 4.69) is 25.3 Å². The van der Waals surface area contributed by atoms with E-state index in [1.165, 1.54) is 31.4 Å². The lowest BCUT2D eigenvalue weighted by Gasteiger charge is -1.90. The average Bonchev–Trinajstić information content (AvgIpc) is 1.97. The second-order valence-electron chi connectivity index (χ2n) is 2.40. The van der Waals surface area contributed by atoms with Crippen LogP contribution in [0.1, 0.15) is 32.6 Å². The van der Waals surface area contributed by atoms with E-state index in [4.69, 9.17) is 0 Å². The molecule has 0 aliphatic heterocycles. The number of thioether (sulfide) groups is 1. The maximum Gasteiger partial charge on any atom is -0.00674 e. The molecule has 0 aromatic rings. The Bertz CT molecular complexity index is 76.8. The third-order valence-electron chi connectivity index (χ3n) is 1.34. The Kier molecular flexibility index (Phi) is 9.17. The van der Waals surface area contributed by atoms with E-state index in [-0.39, 0.29) is 0 Å². The van der Waals surface area contributed by atoms with Gasteiger partial charge in [0.2, 0.25) is 0 Å². The van der Waals surface area contributed by atoms with E-state index in [1.54, 1.807) is 0 Å². The number of unbranched alkanes of at least 4 members (excludes halogenated alkanes) is 2. The summed E-state index contributed by atoms with van der Waals surface area (Å²) in [5.74, 6) is 1.30. The summed E-state index contributed by atoms with van der Waals surface area (Å²) >= 11 is 1.93. The van der Waals surface area contributed by atoms with Gasteiger partial charge < -0.3 is 0 Å². The average molecular weight is 158 g/mol. The van der Waals surface area contributed by atoms with E-state index < -0.39 is 0 Å². The van der Waals surface area contributed by atoms with Gasteiger partial charge in [-0.3, -0.25) is 0 Å². The summed E-state index contributed by atoms with van der Waals surface area (Å²) in [5.41, 5.74) is 0. The van der Waals surface area contributed by atoms with Gasteiger partial charge in [-0.05, 0) is 31.3 Å². The molecule has 0 fully saturated rings. The maximum atomic E-state index is 2.31. The lowest BCUT2D eigenvalue weighted by atomic mass is 10.2. The molecule has 0 spiro atoms. The Labute approximate surface area is 69.1 Å². The first kappa shape index (κ1) is 10.1. The molecule has 0 aromatic carbocycles. The van der Waals surface area contributed by atoms with Crippen molar-refractivity contribution < 1.29 is 0 Å². The molecule has 10 heavy (non-hydrogen) atoms. The molecule has 0 bridgehead atoms. The predicted octanol–water partition coefficient (Wildman–Crippen LogP) is 3.49. The van der Waals surface area contributed by atoms with Gasteiger partial charge in [-0.2, -0.15) is 11.8 Å². The van der Waals surface area contributed by atoms with E-state index in [0.29, 0.717) is 0 Å². The van der Waals surface area contributed by atoms with Gasteiger partial charge in [-0.15, -0.1) is 0 Å². The number of hydrogen-bond donors (Lipinski definition) is 0. The van der Waals surface area contributed by atoms with Gasteiger partial charge in [-0.1, -0.05) is 25.5 Å². The molecule has 0 rings (SSSR count). The first-order valence-corrected chi connectivity index (χ1v) is 5.45. The number of hydrogen-bond acceptors (Lipinski definition) is 1. The zero-order valence-corrected chi connectivity index (χ0v) is 7.91. The molecule has 0 N–H and O–H groups in total. The van der Waals surface area contributed by atoms with Crippen molar-refractivity contribution in [2.75, 3.05) is 12.0 Å². The predicted molar refractivity (Wildman–Crippen MR) is 51.7 cm³/mol. The van der Waals surface area contributed by atoms with Crippen LogP contribution < -0.4 is 0 Å². The molecule has 60 valence electrons. The van der Waals surface area contributed by atoms with Crippen LogP contribution in [-0.2, 0) is 0 Å². The minimum absolute atomic E-state index is 1.25. The third-order valence-corrected chi connectivity index (χ3v) is 2.04. The Morgan fingerprint density at radius 2 is 1.90 bits per heavy atom. The van der Waals surface area contributed by atoms with Crippen molar-refractivity contribution in [3.63, 3.8) is 0 Å². The SMILES string of the molecule is CCCC=CCCCSC. The van der Waals surface area contributed by atoms with Gasteiger partial charge in [-0.25, -0.2) is 0 Å². The van der Waals surface area contributed by atoms with Gasteiger partial charge in [0.05, 0.1) is 0 Å². The summed E-state index contributed by atoms with van der Waals surface area (Å²) < 4.78 is 0. The maximum absolute atomic E-state index is 2.31. The Morgan fingerprint density at radius 1 is 1.20 bits per heavy atom. The minimum atomic E-state index is 1.25. The quantitative estimate of drug-likeness (QED) is 0.421. The molecule has 0 heterocycles. The van der Waals surface area contributed by atoms with Crippen molar-refractivity contribution in [2.45, 2.75) is 32.6 Å². The minimum Gasteiger partial charge on any atom is -0.165 e. The Hall–Kier alpha value is 0.0900. The van der Waals surface area contributed by atoms with Crippen molar-refractivity contribution in [1.29, 1.82) is 0 Å². The van der Waals surface area contributed by atoms with E-state index >= 15 is 0 Å². The Balaban J connectivity index is 2.88. The summed E-state index contributed by atoms with van der Waals surface area (Å²) in [4.78, 5) is 0. The molecule has 0 radical (unpaired) electrons. The standard InChI is InChI=1S/C9H18S/c1-3-4-5-6-7-8-9-10-2/h5-6H,3-4,7-9H2,1-2H3. The van der Waals surface area contributed by atoms with Gasteiger partial charge in [0.25, 0.3) is 0 Å². The van der Waals surface area contributed by atoms with Gasteiger partial charge in [0, 0.05) is 0 Å².